The van der Waals surface area contributed by atoms with Crippen molar-refractivity contribution in [1.82, 2.24) is 0 Å². The highest BCUT2D eigenvalue weighted by Crippen LogP contribution is 2.28. The van der Waals surface area contributed by atoms with Crippen LogP contribution in [-0.4, -0.2) is 5.71 Å². The number of hydrogen-bond donors (Lipinski definition) is 1. The predicted octanol–water partition coefficient (Wildman–Crippen LogP) is 1.76. The summed E-state index contributed by atoms with van der Waals surface area (Å²) in [6.45, 7) is 4.47. The highest BCUT2D eigenvalue weighted by molar-refractivity contribution is 5.88. The van der Waals surface area contributed by atoms with Gasteiger partial charge in [0.15, 0.2) is 0 Å². The quantitative estimate of drug-likeness (QED) is 0.437. The third-order valence-electron chi connectivity index (χ3n) is 2.35. The second-order valence-electron chi connectivity index (χ2n) is 3.36. The monoisotopic (exact) mass is 140 g/mol. The molecular weight excluding hydrogens is 124 g/mol. The summed E-state index contributed by atoms with van der Waals surface area (Å²) in [7, 11) is 0. The van der Waals surface area contributed by atoms with E-state index in [0.717, 1.165) is 6.42 Å². The van der Waals surface area contributed by atoms with Crippen molar-refractivity contribution >= 4 is 5.71 Å². The maximum Gasteiger partial charge on any atom is 0.0409 e. The van der Waals surface area contributed by atoms with Crippen molar-refractivity contribution in [2.45, 2.75) is 33.1 Å². The molecule has 58 valence electrons. The smallest absolute Gasteiger partial charge is 0.0409 e. The topological polar surface area (TPSA) is 38.4 Å². The van der Waals surface area contributed by atoms with E-state index in [1.807, 2.05) is 0 Å². The first-order valence-corrected chi connectivity index (χ1v) is 4.02. The maximum absolute atomic E-state index is 5.25. The van der Waals surface area contributed by atoms with Gasteiger partial charge in [-0.15, -0.1) is 0 Å². The maximum atomic E-state index is 5.25. The molecule has 0 aromatic heterocycles. The first kappa shape index (κ1) is 7.58. The van der Waals surface area contributed by atoms with Gasteiger partial charge in [0.2, 0.25) is 0 Å². The normalized spacial score (nSPS) is 30.3. The predicted molar refractivity (Wildman–Crippen MR) is 43.8 cm³/mol. The van der Waals surface area contributed by atoms with Gasteiger partial charge in [-0.25, -0.2) is 0 Å². The zero-order valence-electron chi connectivity index (χ0n) is 6.80. The molecule has 0 aliphatic heterocycles. The molecule has 0 spiro atoms. The second kappa shape index (κ2) is 3.04. The zero-order chi connectivity index (χ0) is 7.56. The van der Waals surface area contributed by atoms with Gasteiger partial charge in [-0.1, -0.05) is 13.8 Å². The fourth-order valence-electron chi connectivity index (χ4n) is 1.73. The van der Waals surface area contributed by atoms with Crippen LogP contribution in [0.25, 0.3) is 0 Å². The molecule has 2 N–H and O–H groups in total. The molecule has 0 saturated heterocycles. The Bertz CT molecular complexity index is 138. The average molecular weight is 140 g/mol. The highest BCUT2D eigenvalue weighted by Gasteiger charge is 2.24. The van der Waals surface area contributed by atoms with Crippen LogP contribution in [0.2, 0.25) is 0 Å². The molecule has 2 nitrogen and oxygen atoms in total. The largest absolute Gasteiger partial charge is 0.323 e. The fourth-order valence-corrected chi connectivity index (χ4v) is 1.73. The minimum atomic E-state index is 0.671. The van der Waals surface area contributed by atoms with Gasteiger partial charge in [0.05, 0.1) is 0 Å². The van der Waals surface area contributed by atoms with Crippen molar-refractivity contribution in [3.8, 4) is 0 Å². The Hall–Kier alpha value is -0.530. The van der Waals surface area contributed by atoms with Crippen LogP contribution in [-0.2, 0) is 0 Å². The van der Waals surface area contributed by atoms with Crippen molar-refractivity contribution < 1.29 is 0 Å². The summed E-state index contributed by atoms with van der Waals surface area (Å²) in [5.41, 5.74) is 1.23. The molecule has 0 aromatic carbocycles. The third kappa shape index (κ3) is 1.31. The van der Waals surface area contributed by atoms with Gasteiger partial charge in [-0.3, -0.25) is 0 Å². The summed E-state index contributed by atoms with van der Waals surface area (Å²) >= 11 is 0. The Kier molecular flexibility index (Phi) is 2.30. The minimum Gasteiger partial charge on any atom is -0.323 e. The number of hydrogen-bond acceptors (Lipinski definition) is 2. The fraction of sp³-hybridized carbons (Fsp3) is 0.875. The zero-order valence-corrected chi connectivity index (χ0v) is 6.80. The van der Waals surface area contributed by atoms with Gasteiger partial charge < -0.3 is 5.84 Å². The van der Waals surface area contributed by atoms with E-state index in [4.69, 9.17) is 5.84 Å². The molecule has 1 atom stereocenters. The lowest BCUT2D eigenvalue weighted by molar-refractivity contribution is 0.486. The molecule has 1 rings (SSSR count). The number of nitrogens with two attached hydrogens (primary N) is 1. The van der Waals surface area contributed by atoms with E-state index in [0.29, 0.717) is 11.8 Å². The third-order valence-corrected chi connectivity index (χ3v) is 2.35. The van der Waals surface area contributed by atoms with Crippen molar-refractivity contribution in [2.75, 3.05) is 0 Å². The lowest BCUT2D eigenvalue weighted by Crippen LogP contribution is -2.14. The Balaban J connectivity index is 2.59. The van der Waals surface area contributed by atoms with Crippen LogP contribution in [0, 0.1) is 11.8 Å². The summed E-state index contributed by atoms with van der Waals surface area (Å²) in [5.74, 6) is 6.63. The number of hydrazone groups is 1. The lowest BCUT2D eigenvalue weighted by atomic mass is 9.93. The molecule has 0 amide bonds. The van der Waals surface area contributed by atoms with Gasteiger partial charge in [0.1, 0.15) is 0 Å². The van der Waals surface area contributed by atoms with Crippen molar-refractivity contribution in [3.63, 3.8) is 0 Å². The Morgan fingerprint density at radius 1 is 1.60 bits per heavy atom. The van der Waals surface area contributed by atoms with Gasteiger partial charge in [-0.2, -0.15) is 5.10 Å². The van der Waals surface area contributed by atoms with Crippen LogP contribution in [0.3, 0.4) is 0 Å². The Morgan fingerprint density at radius 2 is 2.30 bits per heavy atom. The molecule has 1 fully saturated rings. The van der Waals surface area contributed by atoms with Crippen molar-refractivity contribution in [1.29, 1.82) is 0 Å². The summed E-state index contributed by atoms with van der Waals surface area (Å²) in [6, 6.07) is 0. The Labute approximate surface area is 62.5 Å². The van der Waals surface area contributed by atoms with Gasteiger partial charge in [0, 0.05) is 11.6 Å². The molecule has 1 aliphatic rings. The minimum absolute atomic E-state index is 0.671. The van der Waals surface area contributed by atoms with E-state index in [9.17, 15) is 0 Å². The average Bonchev–Trinajstić information content (AvgIpc) is 2.33. The van der Waals surface area contributed by atoms with Gasteiger partial charge in [0.25, 0.3) is 0 Å². The van der Waals surface area contributed by atoms with Crippen LogP contribution in [0.15, 0.2) is 5.10 Å². The molecule has 1 unspecified atom stereocenters. The van der Waals surface area contributed by atoms with Crippen LogP contribution < -0.4 is 5.84 Å². The van der Waals surface area contributed by atoms with E-state index in [1.54, 1.807) is 0 Å². The first-order chi connectivity index (χ1) is 4.75. The molecule has 0 bridgehead atoms. The van der Waals surface area contributed by atoms with Crippen LogP contribution in [0.1, 0.15) is 33.1 Å². The summed E-state index contributed by atoms with van der Waals surface area (Å²) in [4.78, 5) is 0. The standard InChI is InChI=1S/C8H16N2/c1-6(2)7-4-3-5-8(7)10-9/h6-7H,3-5,9H2,1-2H3/b10-8-. The highest BCUT2D eigenvalue weighted by atomic mass is 15.1. The van der Waals surface area contributed by atoms with Gasteiger partial charge in [-0.05, 0) is 25.2 Å². The Morgan fingerprint density at radius 3 is 2.70 bits per heavy atom. The van der Waals surface area contributed by atoms with Crippen molar-refractivity contribution in [3.05, 3.63) is 0 Å². The molecule has 1 saturated carbocycles. The van der Waals surface area contributed by atoms with Gasteiger partial charge >= 0.3 is 0 Å². The molecule has 0 heterocycles. The van der Waals surface area contributed by atoms with E-state index in [1.165, 1.54) is 18.6 Å². The molecular formula is C8H16N2. The SMILES string of the molecule is CC(C)C1CCC/C1=N/N. The summed E-state index contributed by atoms with van der Waals surface area (Å²) < 4.78 is 0. The second-order valence-corrected chi connectivity index (χ2v) is 3.36. The number of rotatable bonds is 1. The molecule has 10 heavy (non-hydrogen) atoms. The summed E-state index contributed by atoms with van der Waals surface area (Å²) in [6.07, 6.45) is 3.69. The van der Waals surface area contributed by atoms with E-state index in [-0.39, 0.29) is 0 Å². The molecule has 1 aliphatic carbocycles. The van der Waals surface area contributed by atoms with Crippen LogP contribution in [0.5, 0.6) is 0 Å². The van der Waals surface area contributed by atoms with E-state index < -0.39 is 0 Å². The summed E-state index contributed by atoms with van der Waals surface area (Å²) in [5, 5.41) is 3.81. The number of nitrogens with zero attached hydrogens (tertiary/aromatic N) is 1. The van der Waals surface area contributed by atoms with Crippen LogP contribution in [0.4, 0.5) is 0 Å². The molecule has 2 heteroatoms. The molecule has 0 radical (unpaired) electrons. The first-order valence-electron chi connectivity index (χ1n) is 4.02. The molecule has 0 aromatic rings. The van der Waals surface area contributed by atoms with E-state index >= 15 is 0 Å². The van der Waals surface area contributed by atoms with E-state index in [2.05, 4.69) is 18.9 Å². The van der Waals surface area contributed by atoms with Crippen LogP contribution >= 0.6 is 0 Å². The van der Waals surface area contributed by atoms with Crippen molar-refractivity contribution in [2.24, 2.45) is 22.8 Å². The lowest BCUT2D eigenvalue weighted by Gasteiger charge is -2.13.